The Kier molecular flexibility index (Phi) is 3.62. The Balaban J connectivity index is 2.30. The van der Waals surface area contributed by atoms with Crippen LogP contribution in [0.2, 0.25) is 5.02 Å². The molecule has 2 nitrogen and oxygen atoms in total. The number of carboxylic acid groups (broad SMARTS) is 1. The molecule has 1 aliphatic rings. The molecule has 1 N–H and O–H groups in total. The van der Waals surface area contributed by atoms with Crippen molar-refractivity contribution in [3.63, 3.8) is 0 Å². The highest BCUT2D eigenvalue weighted by atomic mass is 35.5. The number of hydrogen-bond donors (Lipinski definition) is 1. The summed E-state index contributed by atoms with van der Waals surface area (Å²) >= 11 is 6.02. The zero-order chi connectivity index (χ0) is 13.3. The van der Waals surface area contributed by atoms with Gasteiger partial charge in [0, 0.05) is 5.02 Å². The molecule has 0 spiro atoms. The van der Waals surface area contributed by atoms with Crippen LogP contribution in [0.15, 0.2) is 18.2 Å². The van der Waals surface area contributed by atoms with Crippen molar-refractivity contribution >= 4 is 17.6 Å². The van der Waals surface area contributed by atoms with Crippen LogP contribution in [-0.2, 0) is 11.2 Å². The first-order valence-corrected chi connectivity index (χ1v) is 6.48. The quantitative estimate of drug-likeness (QED) is 0.904. The van der Waals surface area contributed by atoms with Gasteiger partial charge in [0.05, 0.1) is 5.41 Å². The summed E-state index contributed by atoms with van der Waals surface area (Å²) < 4.78 is 13.2. The van der Waals surface area contributed by atoms with Crippen molar-refractivity contribution in [1.82, 2.24) is 0 Å². The average molecular weight is 271 g/mol. The van der Waals surface area contributed by atoms with E-state index in [2.05, 4.69) is 6.92 Å². The summed E-state index contributed by atoms with van der Waals surface area (Å²) in [5.74, 6) is -0.776. The van der Waals surface area contributed by atoms with Crippen LogP contribution in [0.4, 0.5) is 4.39 Å². The summed E-state index contributed by atoms with van der Waals surface area (Å²) in [4.78, 5) is 11.5. The molecule has 0 bridgehead atoms. The molecule has 0 aliphatic heterocycles. The van der Waals surface area contributed by atoms with Gasteiger partial charge in [-0.15, -0.1) is 0 Å². The second-order valence-electron chi connectivity index (χ2n) is 5.35. The molecule has 0 amide bonds. The van der Waals surface area contributed by atoms with Crippen LogP contribution in [0.1, 0.15) is 31.7 Å². The van der Waals surface area contributed by atoms with Crippen LogP contribution >= 0.6 is 11.6 Å². The number of hydrogen-bond acceptors (Lipinski definition) is 1. The molecular formula is C14H16ClFO2. The van der Waals surface area contributed by atoms with Gasteiger partial charge in [0.25, 0.3) is 0 Å². The first-order valence-electron chi connectivity index (χ1n) is 6.10. The maximum Gasteiger partial charge on any atom is 0.309 e. The van der Waals surface area contributed by atoms with Gasteiger partial charge in [-0.3, -0.25) is 4.79 Å². The number of rotatable bonds is 3. The van der Waals surface area contributed by atoms with Gasteiger partial charge >= 0.3 is 5.97 Å². The van der Waals surface area contributed by atoms with Crippen LogP contribution in [0, 0.1) is 17.2 Å². The van der Waals surface area contributed by atoms with Gasteiger partial charge in [-0.1, -0.05) is 18.5 Å². The second-order valence-corrected chi connectivity index (χ2v) is 5.75. The predicted molar refractivity (Wildman–Crippen MR) is 68.2 cm³/mol. The summed E-state index contributed by atoms with van der Waals surface area (Å²) in [5, 5.41) is 9.91. The van der Waals surface area contributed by atoms with Crippen molar-refractivity contribution in [3.8, 4) is 0 Å². The highest BCUT2D eigenvalue weighted by Gasteiger charge is 2.44. The molecule has 1 saturated carbocycles. The fourth-order valence-electron chi connectivity index (χ4n) is 2.87. The Morgan fingerprint density at radius 1 is 1.61 bits per heavy atom. The predicted octanol–water partition coefficient (Wildman–Crippen LogP) is 3.91. The Hall–Kier alpha value is -1.09. The van der Waals surface area contributed by atoms with Crippen LogP contribution < -0.4 is 0 Å². The number of benzene rings is 1. The summed E-state index contributed by atoms with van der Waals surface area (Å²) in [6, 6.07) is 4.12. The molecule has 2 rings (SSSR count). The van der Waals surface area contributed by atoms with E-state index in [4.69, 9.17) is 11.6 Å². The number of carboxylic acids is 1. The zero-order valence-electron chi connectivity index (χ0n) is 10.2. The number of aliphatic carboxylic acids is 1. The van der Waals surface area contributed by atoms with Crippen LogP contribution in [0.25, 0.3) is 0 Å². The molecule has 1 aromatic rings. The van der Waals surface area contributed by atoms with Gasteiger partial charge in [0.1, 0.15) is 5.82 Å². The molecule has 4 heteroatoms. The van der Waals surface area contributed by atoms with E-state index >= 15 is 0 Å². The van der Waals surface area contributed by atoms with E-state index in [1.165, 1.54) is 18.2 Å². The minimum Gasteiger partial charge on any atom is -0.481 e. The van der Waals surface area contributed by atoms with Crippen molar-refractivity contribution in [3.05, 3.63) is 34.6 Å². The van der Waals surface area contributed by atoms with Crippen molar-refractivity contribution < 1.29 is 14.3 Å². The van der Waals surface area contributed by atoms with E-state index in [9.17, 15) is 14.3 Å². The summed E-state index contributed by atoms with van der Waals surface area (Å²) in [6.45, 7) is 2.05. The highest BCUT2D eigenvalue weighted by Crippen LogP contribution is 2.45. The zero-order valence-corrected chi connectivity index (χ0v) is 11.0. The highest BCUT2D eigenvalue weighted by molar-refractivity contribution is 6.31. The molecule has 18 heavy (non-hydrogen) atoms. The fraction of sp³-hybridized carbons (Fsp3) is 0.500. The molecule has 98 valence electrons. The minimum atomic E-state index is -0.799. The van der Waals surface area contributed by atoms with Gasteiger partial charge in [-0.05, 0) is 55.4 Å². The van der Waals surface area contributed by atoms with E-state index in [1.807, 2.05) is 0 Å². The second kappa shape index (κ2) is 4.88. The van der Waals surface area contributed by atoms with Crippen LogP contribution in [-0.4, -0.2) is 11.1 Å². The number of halogens is 2. The third-order valence-electron chi connectivity index (χ3n) is 3.85. The Morgan fingerprint density at radius 2 is 2.33 bits per heavy atom. The normalized spacial score (nSPS) is 27.4. The number of carbonyl (C=O) groups is 1. The minimum absolute atomic E-state index is 0.309. The molecular weight excluding hydrogens is 255 g/mol. The summed E-state index contributed by atoms with van der Waals surface area (Å²) in [5.41, 5.74) is -0.190. The van der Waals surface area contributed by atoms with Crippen molar-refractivity contribution in [1.29, 1.82) is 0 Å². The molecule has 1 fully saturated rings. The lowest BCUT2D eigenvalue weighted by atomic mass is 9.79. The smallest absolute Gasteiger partial charge is 0.309 e. The summed E-state index contributed by atoms with van der Waals surface area (Å²) in [7, 11) is 0. The van der Waals surface area contributed by atoms with E-state index in [-0.39, 0.29) is 5.82 Å². The largest absolute Gasteiger partial charge is 0.481 e. The monoisotopic (exact) mass is 270 g/mol. The van der Waals surface area contributed by atoms with E-state index in [1.54, 1.807) is 0 Å². The molecule has 2 atom stereocenters. The van der Waals surface area contributed by atoms with E-state index in [0.29, 0.717) is 35.8 Å². The van der Waals surface area contributed by atoms with Gasteiger partial charge in [0.15, 0.2) is 0 Å². The Morgan fingerprint density at radius 3 is 2.89 bits per heavy atom. The molecule has 0 radical (unpaired) electrons. The summed E-state index contributed by atoms with van der Waals surface area (Å²) in [6.07, 6.45) is 2.48. The van der Waals surface area contributed by atoms with Crippen molar-refractivity contribution in [2.24, 2.45) is 11.3 Å². The first-order chi connectivity index (χ1) is 8.43. The van der Waals surface area contributed by atoms with Gasteiger partial charge in [-0.2, -0.15) is 0 Å². The molecule has 0 aromatic heterocycles. The molecule has 0 saturated heterocycles. The fourth-order valence-corrected chi connectivity index (χ4v) is 3.05. The van der Waals surface area contributed by atoms with E-state index < -0.39 is 11.4 Å². The standard InChI is InChI=1S/C14H16ClFO2/c1-9-4-5-14(7-9,13(17)18)8-10-6-11(16)2-3-12(10)15/h2-3,6,9H,4-5,7-8H2,1H3,(H,17,18). The van der Waals surface area contributed by atoms with Crippen LogP contribution in [0.3, 0.4) is 0 Å². The third-order valence-corrected chi connectivity index (χ3v) is 4.21. The Bertz CT molecular complexity index is 475. The maximum absolute atomic E-state index is 13.2. The SMILES string of the molecule is CC1CCC(Cc2cc(F)ccc2Cl)(C(=O)O)C1. The molecule has 0 heterocycles. The van der Waals surface area contributed by atoms with Gasteiger partial charge < -0.3 is 5.11 Å². The van der Waals surface area contributed by atoms with Crippen molar-refractivity contribution in [2.75, 3.05) is 0 Å². The van der Waals surface area contributed by atoms with Crippen molar-refractivity contribution in [2.45, 2.75) is 32.6 Å². The molecule has 2 unspecified atom stereocenters. The topological polar surface area (TPSA) is 37.3 Å². The maximum atomic E-state index is 13.2. The van der Waals surface area contributed by atoms with Gasteiger partial charge in [0.2, 0.25) is 0 Å². The third kappa shape index (κ3) is 2.51. The lowest BCUT2D eigenvalue weighted by molar-refractivity contribution is -0.148. The average Bonchev–Trinajstić information content (AvgIpc) is 2.67. The van der Waals surface area contributed by atoms with Gasteiger partial charge in [-0.25, -0.2) is 4.39 Å². The molecule has 1 aromatic carbocycles. The first kappa shape index (κ1) is 13.3. The van der Waals surface area contributed by atoms with E-state index in [0.717, 1.165) is 6.42 Å². The Labute approximate surface area is 111 Å². The molecule has 1 aliphatic carbocycles. The lowest BCUT2D eigenvalue weighted by Gasteiger charge is -2.24. The lowest BCUT2D eigenvalue weighted by Crippen LogP contribution is -2.30. The van der Waals surface area contributed by atoms with Crippen LogP contribution in [0.5, 0.6) is 0 Å².